The van der Waals surface area contributed by atoms with Gasteiger partial charge in [0, 0.05) is 13.6 Å². The lowest BCUT2D eigenvalue weighted by atomic mass is 10.1. The van der Waals surface area contributed by atoms with Gasteiger partial charge in [-0.25, -0.2) is 8.42 Å². The van der Waals surface area contributed by atoms with Crippen molar-refractivity contribution in [3.63, 3.8) is 0 Å². The summed E-state index contributed by atoms with van der Waals surface area (Å²) in [4.78, 5) is 12.3. The van der Waals surface area contributed by atoms with Gasteiger partial charge in [0.1, 0.15) is 5.75 Å². The van der Waals surface area contributed by atoms with Gasteiger partial charge in [0.05, 0.1) is 17.5 Å². The molecule has 0 aliphatic heterocycles. The summed E-state index contributed by atoms with van der Waals surface area (Å²) >= 11 is 0. The Bertz CT molecular complexity index is 891. The molecule has 0 heterocycles. The van der Waals surface area contributed by atoms with Crippen LogP contribution in [0.25, 0.3) is 0 Å². The van der Waals surface area contributed by atoms with Crippen LogP contribution < -0.4 is 10.1 Å². The molecule has 0 spiro atoms. The summed E-state index contributed by atoms with van der Waals surface area (Å²) in [7, 11) is -2.26. The van der Waals surface area contributed by atoms with Gasteiger partial charge >= 0.3 is 0 Å². The normalized spacial score (nSPS) is 11.7. The number of amides is 1. The van der Waals surface area contributed by atoms with Gasteiger partial charge in [0.25, 0.3) is 0 Å². The van der Waals surface area contributed by atoms with E-state index in [9.17, 15) is 13.2 Å². The Labute approximate surface area is 173 Å². The first-order valence-corrected chi connectivity index (χ1v) is 11.2. The van der Waals surface area contributed by atoms with Gasteiger partial charge in [0.15, 0.2) is 0 Å². The average Bonchev–Trinajstić information content (AvgIpc) is 2.66. The highest BCUT2D eigenvalue weighted by atomic mass is 32.2. The Hall–Kier alpha value is -2.38. The second-order valence-corrected chi connectivity index (χ2v) is 9.38. The fourth-order valence-corrected chi connectivity index (χ4v) is 3.89. The van der Waals surface area contributed by atoms with Gasteiger partial charge in [0.2, 0.25) is 15.9 Å². The molecule has 0 bridgehead atoms. The minimum atomic E-state index is -3.68. The Morgan fingerprint density at radius 2 is 1.69 bits per heavy atom. The van der Waals surface area contributed by atoms with E-state index in [4.69, 9.17) is 4.74 Å². The molecule has 0 saturated carbocycles. The van der Waals surface area contributed by atoms with Crippen molar-refractivity contribution >= 4 is 15.9 Å². The molecule has 0 fully saturated rings. The lowest BCUT2D eigenvalue weighted by Crippen LogP contribution is -2.38. The number of nitrogens with one attached hydrogen (secondary N) is 1. The molecule has 0 radical (unpaired) electrons. The monoisotopic (exact) mass is 418 g/mol. The standard InChI is InChI=1S/C22H30N2O4S/c1-17(2)28-20-11-9-19(10-12-20)6-5-15-23-22(25)16-24(4)29(26,27)21-13-7-18(3)8-14-21/h7-14,17H,5-6,15-16H2,1-4H3,(H,23,25). The van der Waals surface area contributed by atoms with Crippen molar-refractivity contribution < 1.29 is 17.9 Å². The number of benzene rings is 2. The molecule has 2 aromatic rings. The maximum Gasteiger partial charge on any atom is 0.243 e. The average molecular weight is 419 g/mol. The highest BCUT2D eigenvalue weighted by molar-refractivity contribution is 7.89. The number of carbonyl (C=O) groups excluding carboxylic acids is 1. The van der Waals surface area contributed by atoms with Gasteiger partial charge in [-0.3, -0.25) is 4.79 Å². The topological polar surface area (TPSA) is 75.7 Å². The molecule has 0 aliphatic rings. The SMILES string of the molecule is Cc1ccc(S(=O)(=O)N(C)CC(=O)NCCCc2ccc(OC(C)C)cc2)cc1. The molecule has 0 unspecified atom stereocenters. The molecule has 29 heavy (non-hydrogen) atoms. The van der Waals surface area contributed by atoms with Crippen LogP contribution in [0.1, 0.15) is 31.4 Å². The summed E-state index contributed by atoms with van der Waals surface area (Å²) in [5.41, 5.74) is 2.14. The van der Waals surface area contributed by atoms with E-state index >= 15 is 0 Å². The van der Waals surface area contributed by atoms with Crippen molar-refractivity contribution in [2.75, 3.05) is 20.1 Å². The zero-order valence-corrected chi connectivity index (χ0v) is 18.3. The number of aryl methyl sites for hydroxylation is 2. The van der Waals surface area contributed by atoms with Gasteiger partial charge in [-0.2, -0.15) is 4.31 Å². The molecule has 0 aliphatic carbocycles. The number of ether oxygens (including phenoxy) is 1. The molecule has 0 aromatic heterocycles. The molecular weight excluding hydrogens is 388 g/mol. The Morgan fingerprint density at radius 1 is 1.07 bits per heavy atom. The first kappa shape index (κ1) is 22.9. The van der Waals surface area contributed by atoms with Crippen LogP contribution >= 0.6 is 0 Å². The summed E-state index contributed by atoms with van der Waals surface area (Å²) in [6.07, 6.45) is 1.73. The first-order valence-electron chi connectivity index (χ1n) is 9.74. The van der Waals surface area contributed by atoms with Crippen molar-refractivity contribution in [3.05, 3.63) is 59.7 Å². The fraction of sp³-hybridized carbons (Fsp3) is 0.409. The minimum absolute atomic E-state index is 0.143. The summed E-state index contributed by atoms with van der Waals surface area (Å²) in [5, 5.41) is 2.78. The molecule has 6 nitrogen and oxygen atoms in total. The smallest absolute Gasteiger partial charge is 0.243 e. The quantitative estimate of drug-likeness (QED) is 0.602. The van der Waals surface area contributed by atoms with Gasteiger partial charge in [-0.1, -0.05) is 29.8 Å². The van der Waals surface area contributed by atoms with Crippen LogP contribution in [0.15, 0.2) is 53.4 Å². The summed E-state index contributed by atoms with van der Waals surface area (Å²) in [6.45, 7) is 6.14. The Kier molecular flexibility index (Phi) is 8.22. The second-order valence-electron chi connectivity index (χ2n) is 7.34. The maximum atomic E-state index is 12.5. The van der Waals surface area contributed by atoms with E-state index < -0.39 is 10.0 Å². The molecule has 1 N–H and O–H groups in total. The second kappa shape index (κ2) is 10.4. The van der Waals surface area contributed by atoms with Crippen LogP contribution in [0.2, 0.25) is 0 Å². The lowest BCUT2D eigenvalue weighted by molar-refractivity contribution is -0.121. The molecule has 0 atom stereocenters. The predicted molar refractivity (Wildman–Crippen MR) is 115 cm³/mol. The number of hydrogen-bond donors (Lipinski definition) is 1. The molecule has 158 valence electrons. The number of likely N-dealkylation sites (N-methyl/N-ethyl adjacent to an activating group) is 1. The van der Waals surface area contributed by atoms with Crippen molar-refractivity contribution in [3.8, 4) is 5.75 Å². The first-order chi connectivity index (χ1) is 13.7. The minimum Gasteiger partial charge on any atom is -0.491 e. The van der Waals surface area contributed by atoms with Crippen LogP contribution in [-0.2, 0) is 21.2 Å². The Balaban J connectivity index is 1.75. The van der Waals surface area contributed by atoms with Crippen LogP contribution in [0.3, 0.4) is 0 Å². The van der Waals surface area contributed by atoms with E-state index in [1.165, 1.54) is 7.05 Å². The van der Waals surface area contributed by atoms with Crippen molar-refractivity contribution in [1.82, 2.24) is 9.62 Å². The van der Waals surface area contributed by atoms with E-state index in [0.717, 1.165) is 34.0 Å². The third kappa shape index (κ3) is 7.18. The summed E-state index contributed by atoms with van der Waals surface area (Å²) < 4.78 is 31.7. The van der Waals surface area contributed by atoms with Gasteiger partial charge in [-0.15, -0.1) is 0 Å². The van der Waals surface area contributed by atoms with E-state index in [-0.39, 0.29) is 23.5 Å². The molecule has 2 rings (SSSR count). The van der Waals surface area contributed by atoms with Crippen LogP contribution in [0.4, 0.5) is 0 Å². The van der Waals surface area contributed by atoms with Crippen molar-refractivity contribution in [2.24, 2.45) is 0 Å². The third-order valence-electron chi connectivity index (χ3n) is 4.35. The molecular formula is C22H30N2O4S. The Morgan fingerprint density at radius 3 is 2.28 bits per heavy atom. The number of sulfonamides is 1. The fourth-order valence-electron chi connectivity index (χ4n) is 2.76. The predicted octanol–water partition coefficient (Wildman–Crippen LogP) is 3.15. The van der Waals surface area contributed by atoms with Crippen molar-refractivity contribution in [2.45, 2.75) is 44.6 Å². The van der Waals surface area contributed by atoms with E-state index in [1.54, 1.807) is 24.3 Å². The molecule has 2 aromatic carbocycles. The lowest BCUT2D eigenvalue weighted by Gasteiger charge is -2.17. The number of nitrogens with zero attached hydrogens (tertiary/aromatic N) is 1. The van der Waals surface area contributed by atoms with E-state index in [0.29, 0.717) is 6.54 Å². The highest BCUT2D eigenvalue weighted by Crippen LogP contribution is 2.15. The van der Waals surface area contributed by atoms with E-state index in [2.05, 4.69) is 5.32 Å². The third-order valence-corrected chi connectivity index (χ3v) is 6.17. The molecule has 7 heteroatoms. The van der Waals surface area contributed by atoms with E-state index in [1.807, 2.05) is 45.0 Å². The number of carbonyl (C=O) groups is 1. The number of rotatable bonds is 10. The van der Waals surface area contributed by atoms with Crippen LogP contribution in [0, 0.1) is 6.92 Å². The zero-order valence-electron chi connectivity index (χ0n) is 17.5. The van der Waals surface area contributed by atoms with Gasteiger partial charge in [-0.05, 0) is 63.4 Å². The largest absolute Gasteiger partial charge is 0.491 e. The highest BCUT2D eigenvalue weighted by Gasteiger charge is 2.22. The molecule has 0 saturated heterocycles. The van der Waals surface area contributed by atoms with Crippen LogP contribution in [-0.4, -0.2) is 44.9 Å². The maximum absolute atomic E-state index is 12.5. The van der Waals surface area contributed by atoms with Crippen LogP contribution in [0.5, 0.6) is 5.75 Å². The molecule has 1 amide bonds. The zero-order chi connectivity index (χ0) is 21.4. The summed E-state index contributed by atoms with van der Waals surface area (Å²) in [6, 6.07) is 14.5. The summed E-state index contributed by atoms with van der Waals surface area (Å²) in [5.74, 6) is 0.527. The number of hydrogen-bond acceptors (Lipinski definition) is 4. The van der Waals surface area contributed by atoms with Gasteiger partial charge < -0.3 is 10.1 Å². The van der Waals surface area contributed by atoms with Crippen molar-refractivity contribution in [1.29, 1.82) is 0 Å².